The fraction of sp³-hybridized carbons (Fsp3) is 0.300. The van der Waals surface area contributed by atoms with Gasteiger partial charge in [-0.25, -0.2) is 0 Å². The number of hydrogen-bond acceptors (Lipinski definition) is 3. The first kappa shape index (κ1) is 11.4. The van der Waals surface area contributed by atoms with Crippen molar-refractivity contribution in [2.45, 2.75) is 6.54 Å². The largest absolute Gasteiger partial charge is 0.315 e. The Morgan fingerprint density at radius 3 is 2.88 bits per heavy atom. The van der Waals surface area contributed by atoms with Gasteiger partial charge < -0.3 is 5.32 Å². The second-order valence-electron chi connectivity index (χ2n) is 3.46. The maximum Gasteiger partial charge on any atom is 0.271 e. The molecule has 2 rings (SSSR count). The van der Waals surface area contributed by atoms with E-state index < -0.39 is 0 Å². The number of aryl methyl sites for hydroxylation is 1. The first-order chi connectivity index (χ1) is 7.63. The molecule has 2 heterocycles. The monoisotopic (exact) mass is 257 g/mol. The molecule has 0 unspecified atom stereocenters. The van der Waals surface area contributed by atoms with Crippen LogP contribution in [0.15, 0.2) is 16.9 Å². The lowest BCUT2D eigenvalue weighted by molar-refractivity contribution is 0.734. The van der Waals surface area contributed by atoms with E-state index in [1.165, 1.54) is 16.0 Å². The summed E-state index contributed by atoms with van der Waals surface area (Å²) in [6.07, 6.45) is 0. The van der Waals surface area contributed by atoms with E-state index in [1.807, 2.05) is 19.2 Å². The number of aromatic amines is 1. The van der Waals surface area contributed by atoms with Crippen molar-refractivity contribution in [3.63, 3.8) is 0 Å². The van der Waals surface area contributed by atoms with Crippen LogP contribution in [0.3, 0.4) is 0 Å². The molecule has 86 valence electrons. The minimum Gasteiger partial charge on any atom is -0.315 e. The van der Waals surface area contributed by atoms with Crippen LogP contribution in [-0.4, -0.2) is 16.8 Å². The van der Waals surface area contributed by atoms with E-state index in [0.717, 1.165) is 20.5 Å². The van der Waals surface area contributed by atoms with E-state index in [9.17, 15) is 4.79 Å². The van der Waals surface area contributed by atoms with E-state index in [0.29, 0.717) is 6.54 Å². The van der Waals surface area contributed by atoms with Gasteiger partial charge in [0.25, 0.3) is 5.56 Å². The molecule has 0 saturated carbocycles. The van der Waals surface area contributed by atoms with E-state index in [1.54, 1.807) is 7.05 Å². The summed E-state index contributed by atoms with van der Waals surface area (Å²) in [7, 11) is 3.53. The van der Waals surface area contributed by atoms with Crippen molar-refractivity contribution in [1.29, 1.82) is 0 Å². The summed E-state index contributed by atoms with van der Waals surface area (Å²) >= 11 is 7.35. The minimum atomic E-state index is -0.00567. The van der Waals surface area contributed by atoms with Crippen molar-refractivity contribution in [2.24, 2.45) is 7.05 Å². The highest BCUT2D eigenvalue weighted by Gasteiger charge is 2.14. The Hall–Kier alpha value is -1.04. The van der Waals surface area contributed by atoms with Crippen LogP contribution in [0.1, 0.15) is 5.56 Å². The summed E-state index contributed by atoms with van der Waals surface area (Å²) < 4.78 is 2.20. The Kier molecular flexibility index (Phi) is 3.18. The SMILES string of the molecule is CNCc1c(-c2ccc(Cl)s2)[nH]n(C)c1=O. The summed E-state index contributed by atoms with van der Waals surface area (Å²) in [5, 5.41) is 6.04. The van der Waals surface area contributed by atoms with Crippen molar-refractivity contribution in [1.82, 2.24) is 15.1 Å². The molecule has 0 bridgehead atoms. The maximum absolute atomic E-state index is 11.8. The quantitative estimate of drug-likeness (QED) is 0.881. The second-order valence-corrected chi connectivity index (χ2v) is 5.18. The molecule has 2 aromatic heterocycles. The van der Waals surface area contributed by atoms with E-state index in [4.69, 9.17) is 11.6 Å². The third-order valence-electron chi connectivity index (χ3n) is 2.32. The fourth-order valence-corrected chi connectivity index (χ4v) is 2.65. The van der Waals surface area contributed by atoms with E-state index in [-0.39, 0.29) is 5.56 Å². The molecule has 0 spiro atoms. The summed E-state index contributed by atoms with van der Waals surface area (Å²) in [5.41, 5.74) is 1.58. The van der Waals surface area contributed by atoms with Gasteiger partial charge in [-0.1, -0.05) is 11.6 Å². The lowest BCUT2D eigenvalue weighted by Gasteiger charge is -1.97. The highest BCUT2D eigenvalue weighted by atomic mass is 35.5. The third-order valence-corrected chi connectivity index (χ3v) is 3.57. The zero-order chi connectivity index (χ0) is 11.7. The molecule has 0 atom stereocenters. The van der Waals surface area contributed by atoms with Crippen LogP contribution >= 0.6 is 22.9 Å². The molecule has 4 nitrogen and oxygen atoms in total. The second kappa shape index (κ2) is 4.45. The first-order valence-corrected chi connectivity index (χ1v) is 6.01. The molecule has 0 saturated heterocycles. The Morgan fingerprint density at radius 2 is 2.31 bits per heavy atom. The predicted molar refractivity (Wildman–Crippen MR) is 67.1 cm³/mol. The molecule has 0 aliphatic rings. The van der Waals surface area contributed by atoms with Gasteiger partial charge >= 0.3 is 0 Å². The molecule has 0 fully saturated rings. The summed E-state index contributed by atoms with van der Waals surface area (Å²) in [4.78, 5) is 12.8. The van der Waals surface area contributed by atoms with E-state index in [2.05, 4.69) is 10.4 Å². The molecule has 0 aromatic carbocycles. The Morgan fingerprint density at radius 1 is 1.56 bits per heavy atom. The standard InChI is InChI=1S/C10H12ClN3OS/c1-12-5-6-9(13-14(2)10(6)15)7-3-4-8(11)16-7/h3-4,12-13H,5H2,1-2H3. The van der Waals surface area contributed by atoms with Crippen molar-refractivity contribution < 1.29 is 0 Å². The van der Waals surface area contributed by atoms with Crippen LogP contribution in [0, 0.1) is 0 Å². The number of nitrogens with zero attached hydrogens (tertiary/aromatic N) is 1. The number of hydrogen-bond donors (Lipinski definition) is 2. The minimum absolute atomic E-state index is 0.00567. The van der Waals surface area contributed by atoms with Gasteiger partial charge in [-0.15, -0.1) is 11.3 Å². The van der Waals surface area contributed by atoms with Gasteiger partial charge in [0.05, 0.1) is 20.5 Å². The van der Waals surface area contributed by atoms with Crippen molar-refractivity contribution in [2.75, 3.05) is 7.05 Å². The zero-order valence-corrected chi connectivity index (χ0v) is 10.6. The topological polar surface area (TPSA) is 49.8 Å². The predicted octanol–water partition coefficient (Wildman–Crippen LogP) is 1.81. The van der Waals surface area contributed by atoms with Crippen LogP contribution in [0.25, 0.3) is 10.6 Å². The average Bonchev–Trinajstić information content (AvgIpc) is 2.78. The Labute approximate surface area is 102 Å². The molecule has 0 aliphatic carbocycles. The molecule has 0 radical (unpaired) electrons. The van der Waals surface area contributed by atoms with Crippen LogP contribution in [0.2, 0.25) is 4.34 Å². The smallest absolute Gasteiger partial charge is 0.271 e. The number of halogens is 1. The lowest BCUT2D eigenvalue weighted by atomic mass is 10.2. The van der Waals surface area contributed by atoms with Gasteiger partial charge in [0.15, 0.2) is 0 Å². The number of aromatic nitrogens is 2. The summed E-state index contributed by atoms with van der Waals surface area (Å²) in [6.45, 7) is 0.543. The van der Waals surface area contributed by atoms with Crippen LogP contribution in [0.4, 0.5) is 0 Å². The number of thiophene rings is 1. The molecular weight excluding hydrogens is 246 g/mol. The molecule has 6 heteroatoms. The summed E-state index contributed by atoms with van der Waals surface area (Å²) in [5.74, 6) is 0. The van der Waals surface area contributed by atoms with Gasteiger partial charge in [0, 0.05) is 13.6 Å². The molecule has 2 N–H and O–H groups in total. The third kappa shape index (κ3) is 1.93. The Bertz CT molecular complexity index is 555. The first-order valence-electron chi connectivity index (χ1n) is 4.81. The maximum atomic E-state index is 11.8. The van der Waals surface area contributed by atoms with Crippen LogP contribution in [-0.2, 0) is 13.6 Å². The molecule has 0 aliphatic heterocycles. The molecule has 0 amide bonds. The fourth-order valence-electron chi connectivity index (χ4n) is 1.59. The normalized spacial score (nSPS) is 10.9. The van der Waals surface area contributed by atoms with Crippen LogP contribution < -0.4 is 10.9 Å². The number of rotatable bonds is 3. The molecule has 16 heavy (non-hydrogen) atoms. The van der Waals surface area contributed by atoms with Gasteiger partial charge in [-0.2, -0.15) is 0 Å². The highest BCUT2D eigenvalue weighted by molar-refractivity contribution is 7.19. The Balaban J connectivity index is 2.56. The van der Waals surface area contributed by atoms with Crippen molar-refractivity contribution >= 4 is 22.9 Å². The van der Waals surface area contributed by atoms with Gasteiger partial charge in [-0.3, -0.25) is 14.6 Å². The van der Waals surface area contributed by atoms with Crippen molar-refractivity contribution in [3.05, 3.63) is 32.4 Å². The average molecular weight is 258 g/mol. The van der Waals surface area contributed by atoms with Gasteiger partial charge in [-0.05, 0) is 19.2 Å². The highest BCUT2D eigenvalue weighted by Crippen LogP contribution is 2.30. The summed E-state index contributed by atoms with van der Waals surface area (Å²) in [6, 6.07) is 3.74. The number of H-pyrrole nitrogens is 1. The van der Waals surface area contributed by atoms with Crippen LogP contribution in [0.5, 0.6) is 0 Å². The zero-order valence-electron chi connectivity index (χ0n) is 9.00. The lowest BCUT2D eigenvalue weighted by Crippen LogP contribution is -2.19. The van der Waals surface area contributed by atoms with E-state index >= 15 is 0 Å². The number of nitrogens with one attached hydrogen (secondary N) is 2. The van der Waals surface area contributed by atoms with Crippen molar-refractivity contribution in [3.8, 4) is 10.6 Å². The van der Waals surface area contributed by atoms with Gasteiger partial charge in [0.2, 0.25) is 0 Å². The van der Waals surface area contributed by atoms with Gasteiger partial charge in [0.1, 0.15) is 0 Å². The molecule has 2 aromatic rings. The molecular formula is C10H12ClN3OS.